The fourth-order valence-electron chi connectivity index (χ4n) is 2.88. The molecule has 98 valence electrons. The van der Waals surface area contributed by atoms with E-state index in [1.54, 1.807) is 0 Å². The van der Waals surface area contributed by atoms with Gasteiger partial charge in [-0.25, -0.2) is 0 Å². The smallest absolute Gasteiger partial charge is 0.0468 e. The molecular formula is C14H18Cl2N2. The van der Waals surface area contributed by atoms with Crippen LogP contribution in [0, 0.1) is 5.92 Å². The van der Waals surface area contributed by atoms with Crippen LogP contribution in [-0.4, -0.2) is 31.1 Å². The van der Waals surface area contributed by atoms with Crippen LogP contribution in [0.25, 0.3) is 0 Å². The van der Waals surface area contributed by atoms with Gasteiger partial charge in [0.25, 0.3) is 0 Å². The number of halogens is 2. The second kappa shape index (κ2) is 5.38. The maximum atomic E-state index is 6.39. The van der Waals surface area contributed by atoms with E-state index in [0.29, 0.717) is 6.04 Å². The van der Waals surface area contributed by atoms with Gasteiger partial charge < -0.3 is 5.32 Å². The van der Waals surface area contributed by atoms with E-state index in [2.05, 4.69) is 10.2 Å². The summed E-state index contributed by atoms with van der Waals surface area (Å²) in [4.78, 5) is 2.54. The zero-order valence-electron chi connectivity index (χ0n) is 10.3. The highest BCUT2D eigenvalue weighted by atomic mass is 35.5. The molecule has 1 aromatic rings. The number of rotatable bonds is 3. The van der Waals surface area contributed by atoms with Crippen molar-refractivity contribution in [2.75, 3.05) is 26.2 Å². The molecule has 1 atom stereocenters. The van der Waals surface area contributed by atoms with Gasteiger partial charge in [-0.1, -0.05) is 29.3 Å². The summed E-state index contributed by atoms with van der Waals surface area (Å²) in [5.41, 5.74) is 1.14. The summed E-state index contributed by atoms with van der Waals surface area (Å²) in [5, 5.41) is 5.04. The van der Waals surface area contributed by atoms with E-state index in [1.165, 1.54) is 12.8 Å². The summed E-state index contributed by atoms with van der Waals surface area (Å²) < 4.78 is 0. The first kappa shape index (κ1) is 12.7. The minimum Gasteiger partial charge on any atom is -0.314 e. The SMILES string of the molecule is Clc1cccc(Cl)c1[C@H](C1CC1)N1CCNCC1. The van der Waals surface area contributed by atoms with Crippen molar-refractivity contribution in [1.29, 1.82) is 0 Å². The van der Waals surface area contributed by atoms with Crippen molar-refractivity contribution in [2.45, 2.75) is 18.9 Å². The topological polar surface area (TPSA) is 15.3 Å². The second-order valence-corrected chi connectivity index (χ2v) is 6.02. The van der Waals surface area contributed by atoms with E-state index in [-0.39, 0.29) is 0 Å². The van der Waals surface area contributed by atoms with Crippen LogP contribution < -0.4 is 5.32 Å². The van der Waals surface area contributed by atoms with Gasteiger partial charge in [-0.15, -0.1) is 0 Å². The minimum absolute atomic E-state index is 0.410. The van der Waals surface area contributed by atoms with Crippen molar-refractivity contribution in [3.63, 3.8) is 0 Å². The van der Waals surface area contributed by atoms with Crippen LogP contribution in [0.1, 0.15) is 24.4 Å². The number of hydrogen-bond acceptors (Lipinski definition) is 2. The third-order valence-corrected chi connectivity index (χ3v) is 4.57. The fourth-order valence-corrected chi connectivity index (χ4v) is 3.50. The molecule has 1 aromatic carbocycles. The lowest BCUT2D eigenvalue weighted by Gasteiger charge is -2.36. The first-order chi connectivity index (χ1) is 8.77. The molecule has 0 aromatic heterocycles. The maximum Gasteiger partial charge on any atom is 0.0468 e. The van der Waals surface area contributed by atoms with Gasteiger partial charge in [-0.3, -0.25) is 4.90 Å². The van der Waals surface area contributed by atoms with Gasteiger partial charge in [-0.2, -0.15) is 0 Å². The zero-order valence-corrected chi connectivity index (χ0v) is 11.8. The third kappa shape index (κ3) is 2.53. The molecule has 2 aliphatic rings. The van der Waals surface area contributed by atoms with E-state index >= 15 is 0 Å². The van der Waals surface area contributed by atoms with Crippen LogP contribution >= 0.6 is 23.2 Å². The highest BCUT2D eigenvalue weighted by Gasteiger charge is 2.38. The second-order valence-electron chi connectivity index (χ2n) is 5.20. The van der Waals surface area contributed by atoms with Crippen molar-refractivity contribution in [3.05, 3.63) is 33.8 Å². The molecule has 1 aliphatic carbocycles. The molecule has 1 saturated carbocycles. The molecule has 1 aliphatic heterocycles. The van der Waals surface area contributed by atoms with E-state index in [4.69, 9.17) is 23.2 Å². The highest BCUT2D eigenvalue weighted by molar-refractivity contribution is 6.36. The Balaban J connectivity index is 1.93. The molecule has 0 bridgehead atoms. The molecule has 1 N–H and O–H groups in total. The monoisotopic (exact) mass is 284 g/mol. The van der Waals surface area contributed by atoms with Gasteiger partial charge in [0.1, 0.15) is 0 Å². The summed E-state index contributed by atoms with van der Waals surface area (Å²) in [6.45, 7) is 4.29. The van der Waals surface area contributed by atoms with Crippen molar-refractivity contribution in [1.82, 2.24) is 10.2 Å². The van der Waals surface area contributed by atoms with Gasteiger partial charge in [0.05, 0.1) is 0 Å². The maximum absolute atomic E-state index is 6.39. The number of nitrogens with one attached hydrogen (secondary N) is 1. The van der Waals surface area contributed by atoms with Crippen LogP contribution in [0.15, 0.2) is 18.2 Å². The molecule has 0 radical (unpaired) electrons. The lowest BCUT2D eigenvalue weighted by Crippen LogP contribution is -2.45. The van der Waals surface area contributed by atoms with Gasteiger partial charge in [0.2, 0.25) is 0 Å². The average Bonchev–Trinajstić information content (AvgIpc) is 3.19. The molecule has 0 spiro atoms. The largest absolute Gasteiger partial charge is 0.314 e. The van der Waals surface area contributed by atoms with Crippen molar-refractivity contribution < 1.29 is 0 Å². The normalized spacial score (nSPS) is 23.0. The van der Waals surface area contributed by atoms with Crippen molar-refractivity contribution >= 4 is 23.2 Å². The lowest BCUT2D eigenvalue weighted by molar-refractivity contribution is 0.156. The summed E-state index contributed by atoms with van der Waals surface area (Å²) in [7, 11) is 0. The molecule has 0 amide bonds. The Morgan fingerprint density at radius 2 is 1.72 bits per heavy atom. The van der Waals surface area contributed by atoms with Crippen LogP contribution in [0.2, 0.25) is 10.0 Å². The summed E-state index contributed by atoms with van der Waals surface area (Å²) in [5.74, 6) is 0.737. The predicted octanol–water partition coefficient (Wildman–Crippen LogP) is 3.35. The molecule has 1 saturated heterocycles. The molecular weight excluding hydrogens is 267 g/mol. The van der Waals surface area contributed by atoms with E-state index in [9.17, 15) is 0 Å². The lowest BCUT2D eigenvalue weighted by atomic mass is 9.99. The van der Waals surface area contributed by atoms with Crippen LogP contribution in [0.5, 0.6) is 0 Å². The van der Waals surface area contributed by atoms with E-state index < -0.39 is 0 Å². The Morgan fingerprint density at radius 1 is 1.11 bits per heavy atom. The Labute approximate surface area is 118 Å². The molecule has 3 rings (SSSR count). The Bertz CT molecular complexity index is 406. The average molecular weight is 285 g/mol. The van der Waals surface area contributed by atoms with Crippen molar-refractivity contribution in [3.8, 4) is 0 Å². The molecule has 4 heteroatoms. The van der Waals surface area contributed by atoms with Gasteiger partial charge >= 0.3 is 0 Å². The van der Waals surface area contributed by atoms with Gasteiger partial charge in [0, 0.05) is 47.8 Å². The van der Waals surface area contributed by atoms with Crippen molar-refractivity contribution in [2.24, 2.45) is 5.92 Å². The molecule has 2 nitrogen and oxygen atoms in total. The Hall–Kier alpha value is -0.280. The summed E-state index contributed by atoms with van der Waals surface area (Å²) in [6, 6.07) is 6.25. The first-order valence-corrected chi connectivity index (χ1v) is 7.41. The summed E-state index contributed by atoms with van der Waals surface area (Å²) in [6.07, 6.45) is 2.60. The molecule has 2 fully saturated rings. The number of nitrogens with zero attached hydrogens (tertiary/aromatic N) is 1. The molecule has 1 heterocycles. The minimum atomic E-state index is 0.410. The Kier molecular flexibility index (Phi) is 3.81. The first-order valence-electron chi connectivity index (χ1n) is 6.66. The molecule has 18 heavy (non-hydrogen) atoms. The van der Waals surface area contributed by atoms with Crippen LogP contribution in [0.4, 0.5) is 0 Å². The van der Waals surface area contributed by atoms with E-state index in [0.717, 1.165) is 47.7 Å². The number of benzene rings is 1. The Morgan fingerprint density at radius 3 is 2.28 bits per heavy atom. The number of hydrogen-bond donors (Lipinski definition) is 1. The van der Waals surface area contributed by atoms with Crippen LogP contribution in [-0.2, 0) is 0 Å². The zero-order chi connectivity index (χ0) is 12.5. The fraction of sp³-hybridized carbons (Fsp3) is 0.571. The van der Waals surface area contributed by atoms with Gasteiger partial charge in [0.15, 0.2) is 0 Å². The quantitative estimate of drug-likeness (QED) is 0.916. The molecule has 0 unspecified atom stereocenters. The number of piperazine rings is 1. The van der Waals surface area contributed by atoms with E-state index in [1.807, 2.05) is 18.2 Å². The standard InChI is InChI=1S/C14H18Cl2N2/c15-11-2-1-3-12(16)13(11)14(10-4-5-10)18-8-6-17-7-9-18/h1-3,10,14,17H,4-9H2/t14-/m0/s1. The third-order valence-electron chi connectivity index (χ3n) is 3.91. The van der Waals surface area contributed by atoms with Crippen LogP contribution in [0.3, 0.4) is 0 Å². The van der Waals surface area contributed by atoms with Gasteiger partial charge in [-0.05, 0) is 30.9 Å². The highest BCUT2D eigenvalue weighted by Crippen LogP contribution is 2.48. The summed E-state index contributed by atoms with van der Waals surface area (Å²) >= 11 is 12.8. The predicted molar refractivity (Wildman–Crippen MR) is 76.4 cm³/mol.